The van der Waals surface area contributed by atoms with E-state index in [0.717, 1.165) is 68.0 Å². The molecule has 0 atom stereocenters. The van der Waals surface area contributed by atoms with Crippen LogP contribution in [0.3, 0.4) is 0 Å². The molecule has 0 aliphatic carbocycles. The Balaban J connectivity index is 1.54. The fourth-order valence-corrected chi connectivity index (χ4v) is 4.08. The average Bonchev–Trinajstić information content (AvgIpc) is 3.45. The quantitative estimate of drug-likeness (QED) is 0.323. The van der Waals surface area contributed by atoms with Crippen LogP contribution in [0.4, 0.5) is 19.0 Å². The van der Waals surface area contributed by atoms with Crippen LogP contribution in [0.2, 0.25) is 5.28 Å². The van der Waals surface area contributed by atoms with Crippen molar-refractivity contribution in [2.45, 2.75) is 45.2 Å². The van der Waals surface area contributed by atoms with Crippen molar-refractivity contribution in [3.63, 3.8) is 0 Å². The number of rotatable bonds is 13. The summed E-state index contributed by atoms with van der Waals surface area (Å²) in [5, 5.41) is 0.295. The van der Waals surface area contributed by atoms with E-state index in [1.54, 1.807) is 12.3 Å². The standard InChI is InChI=1S/C26H32ClF3N6/c1-5-7-14-36(6-2)24-23(33-25(27)34-24)18(3)35(4)13-9-12-21-17-31-22(32-21)16-19-10-8-11-20(15-19)26(28,29)30/h6,8,10-11,15H,2-3,5,7,9,12-14,16-17H2,1,4H3,(H,33,34). The maximum absolute atomic E-state index is 13.0. The van der Waals surface area contributed by atoms with Crippen molar-refractivity contribution in [3.8, 4) is 0 Å². The molecule has 0 amide bonds. The first kappa shape index (κ1) is 27.5. The second-order valence-corrected chi connectivity index (χ2v) is 9.07. The third kappa shape index (κ3) is 7.22. The Hall–Kier alpha value is -3.07. The molecule has 36 heavy (non-hydrogen) atoms. The molecule has 1 aromatic carbocycles. The fourth-order valence-electron chi connectivity index (χ4n) is 3.91. The molecule has 0 fully saturated rings. The number of benzene rings is 1. The van der Waals surface area contributed by atoms with Gasteiger partial charge in [0, 0.05) is 32.3 Å². The normalized spacial score (nSPS) is 13.4. The molecule has 1 aliphatic rings. The number of imidazole rings is 1. The summed E-state index contributed by atoms with van der Waals surface area (Å²) < 4.78 is 38.9. The van der Waals surface area contributed by atoms with Gasteiger partial charge in [-0.05, 0) is 48.7 Å². The van der Waals surface area contributed by atoms with Crippen molar-refractivity contribution in [2.24, 2.45) is 9.98 Å². The number of halogens is 4. The lowest BCUT2D eigenvalue weighted by Crippen LogP contribution is -2.22. The molecule has 0 unspecified atom stereocenters. The van der Waals surface area contributed by atoms with Crippen LogP contribution in [-0.4, -0.2) is 53.1 Å². The van der Waals surface area contributed by atoms with Crippen LogP contribution in [0.25, 0.3) is 5.70 Å². The number of unbranched alkanes of at least 4 members (excludes halogenated alkanes) is 1. The maximum atomic E-state index is 13.0. The van der Waals surface area contributed by atoms with Crippen molar-refractivity contribution in [1.82, 2.24) is 14.9 Å². The van der Waals surface area contributed by atoms with Gasteiger partial charge < -0.3 is 14.8 Å². The minimum absolute atomic E-state index is 0.283. The molecule has 0 radical (unpaired) electrons. The topological polar surface area (TPSA) is 59.9 Å². The molecule has 1 aliphatic heterocycles. The van der Waals surface area contributed by atoms with E-state index in [4.69, 9.17) is 11.6 Å². The summed E-state index contributed by atoms with van der Waals surface area (Å²) in [5.41, 5.74) is 2.34. The Morgan fingerprint density at radius 2 is 2.03 bits per heavy atom. The van der Waals surface area contributed by atoms with E-state index >= 15 is 0 Å². The lowest BCUT2D eigenvalue weighted by Gasteiger charge is -2.24. The number of nitrogens with zero attached hydrogens (tertiary/aromatic N) is 5. The minimum Gasteiger partial charge on any atom is -0.373 e. The molecule has 2 heterocycles. The van der Waals surface area contributed by atoms with Crippen LogP contribution in [0.15, 0.2) is 53.6 Å². The van der Waals surface area contributed by atoms with Gasteiger partial charge in [0.25, 0.3) is 0 Å². The molecular weight excluding hydrogens is 489 g/mol. The van der Waals surface area contributed by atoms with Gasteiger partial charge in [-0.15, -0.1) is 0 Å². The third-order valence-corrected chi connectivity index (χ3v) is 6.14. The number of aliphatic imine (C=N–C) groups is 2. The molecule has 0 saturated heterocycles. The Morgan fingerprint density at radius 1 is 1.25 bits per heavy atom. The molecule has 0 saturated carbocycles. The largest absolute Gasteiger partial charge is 0.416 e. The first-order valence-corrected chi connectivity index (χ1v) is 12.3. The number of nitrogens with one attached hydrogen (secondary N) is 1. The van der Waals surface area contributed by atoms with Gasteiger partial charge in [0.2, 0.25) is 5.28 Å². The minimum atomic E-state index is -4.36. The van der Waals surface area contributed by atoms with Crippen molar-refractivity contribution in [1.29, 1.82) is 0 Å². The Kier molecular flexibility index (Phi) is 9.37. The highest BCUT2D eigenvalue weighted by atomic mass is 35.5. The molecule has 2 aromatic rings. The Labute approximate surface area is 215 Å². The van der Waals surface area contributed by atoms with E-state index in [-0.39, 0.29) is 6.42 Å². The summed E-state index contributed by atoms with van der Waals surface area (Å²) in [6.45, 7) is 12.2. The first-order valence-electron chi connectivity index (χ1n) is 11.9. The van der Waals surface area contributed by atoms with Crippen LogP contribution >= 0.6 is 11.6 Å². The zero-order valence-electron chi connectivity index (χ0n) is 20.7. The summed E-state index contributed by atoms with van der Waals surface area (Å²) in [4.78, 5) is 20.5. The van der Waals surface area contributed by atoms with Gasteiger partial charge in [0.1, 0.15) is 11.5 Å². The lowest BCUT2D eigenvalue weighted by molar-refractivity contribution is -0.137. The highest BCUT2D eigenvalue weighted by molar-refractivity contribution is 6.28. The second kappa shape index (κ2) is 12.3. The van der Waals surface area contributed by atoms with Crippen molar-refractivity contribution in [2.75, 3.05) is 31.6 Å². The predicted octanol–water partition coefficient (Wildman–Crippen LogP) is 6.61. The third-order valence-electron chi connectivity index (χ3n) is 5.96. The van der Waals surface area contributed by atoms with Gasteiger partial charge in [0.15, 0.2) is 5.82 Å². The number of aromatic nitrogens is 2. The highest BCUT2D eigenvalue weighted by Crippen LogP contribution is 2.30. The van der Waals surface area contributed by atoms with Gasteiger partial charge in [0.05, 0.1) is 17.8 Å². The number of hydrogen-bond acceptors (Lipinski definition) is 5. The van der Waals surface area contributed by atoms with E-state index < -0.39 is 11.7 Å². The zero-order valence-corrected chi connectivity index (χ0v) is 21.5. The van der Waals surface area contributed by atoms with E-state index in [1.165, 1.54) is 6.07 Å². The van der Waals surface area contributed by atoms with E-state index in [1.807, 2.05) is 16.8 Å². The number of anilines is 1. The number of alkyl halides is 3. The molecule has 1 aromatic heterocycles. The molecule has 10 heteroatoms. The van der Waals surface area contributed by atoms with Gasteiger partial charge in [-0.3, -0.25) is 4.99 Å². The number of aromatic amines is 1. The molecule has 6 nitrogen and oxygen atoms in total. The maximum Gasteiger partial charge on any atom is 0.416 e. The zero-order chi connectivity index (χ0) is 26.3. The van der Waals surface area contributed by atoms with E-state index in [0.29, 0.717) is 29.0 Å². The fraction of sp³-hybridized carbons (Fsp3) is 0.423. The predicted molar refractivity (Wildman–Crippen MR) is 142 cm³/mol. The number of amidine groups is 1. The van der Waals surface area contributed by atoms with Crippen LogP contribution in [0, 0.1) is 0 Å². The smallest absolute Gasteiger partial charge is 0.373 e. The monoisotopic (exact) mass is 520 g/mol. The summed E-state index contributed by atoms with van der Waals surface area (Å²) in [5.74, 6) is 1.27. The van der Waals surface area contributed by atoms with E-state index in [2.05, 4.69) is 40.0 Å². The molecular formula is C26H32ClF3N6. The van der Waals surface area contributed by atoms with Crippen molar-refractivity contribution < 1.29 is 13.2 Å². The SMILES string of the molecule is C=CN(CCCC)c1nc(Cl)[nH]c1C(=C)N(C)CCCC1=NC(Cc2cccc(C(F)(F)F)c2)=NC1. The first-order chi connectivity index (χ1) is 17.1. The summed E-state index contributed by atoms with van der Waals surface area (Å²) in [6, 6.07) is 5.30. The van der Waals surface area contributed by atoms with Crippen molar-refractivity contribution >= 4 is 34.7 Å². The lowest BCUT2D eigenvalue weighted by atomic mass is 10.1. The van der Waals surface area contributed by atoms with Crippen LogP contribution in [0.5, 0.6) is 0 Å². The molecule has 1 N–H and O–H groups in total. The molecule has 0 bridgehead atoms. The van der Waals surface area contributed by atoms with Crippen molar-refractivity contribution in [3.05, 3.63) is 65.7 Å². The van der Waals surface area contributed by atoms with Crippen LogP contribution in [-0.2, 0) is 12.6 Å². The van der Waals surface area contributed by atoms with Gasteiger partial charge in [-0.2, -0.15) is 18.2 Å². The summed E-state index contributed by atoms with van der Waals surface area (Å²) in [7, 11) is 1.96. The number of hydrogen-bond donors (Lipinski definition) is 1. The van der Waals surface area contributed by atoms with E-state index in [9.17, 15) is 13.2 Å². The second-order valence-electron chi connectivity index (χ2n) is 8.71. The van der Waals surface area contributed by atoms with Crippen LogP contribution < -0.4 is 4.90 Å². The van der Waals surface area contributed by atoms with Gasteiger partial charge in [-0.25, -0.2) is 4.99 Å². The molecule has 194 valence electrons. The average molecular weight is 521 g/mol. The summed E-state index contributed by atoms with van der Waals surface area (Å²) in [6.07, 6.45) is 1.27. The van der Waals surface area contributed by atoms with Gasteiger partial charge in [-0.1, -0.05) is 44.7 Å². The molecule has 3 rings (SSSR count). The Bertz CT molecular complexity index is 1130. The Morgan fingerprint density at radius 3 is 2.72 bits per heavy atom. The van der Waals surface area contributed by atoms with Gasteiger partial charge >= 0.3 is 6.18 Å². The summed E-state index contributed by atoms with van der Waals surface area (Å²) >= 11 is 6.17. The number of H-pyrrole nitrogens is 1. The van der Waals surface area contributed by atoms with Crippen LogP contribution in [0.1, 0.15) is 49.4 Å². The molecule has 0 spiro atoms. The highest BCUT2D eigenvalue weighted by Gasteiger charge is 2.30.